The van der Waals surface area contributed by atoms with E-state index in [9.17, 15) is 18.0 Å². The van der Waals surface area contributed by atoms with Crippen molar-refractivity contribution in [2.75, 3.05) is 44.7 Å². The summed E-state index contributed by atoms with van der Waals surface area (Å²) in [7, 11) is 0. The minimum Gasteiger partial charge on any atom is -0.378 e. The second-order valence-corrected chi connectivity index (χ2v) is 8.09. The summed E-state index contributed by atoms with van der Waals surface area (Å²) in [5.74, 6) is 1.08. The van der Waals surface area contributed by atoms with E-state index in [4.69, 9.17) is 16.3 Å². The van der Waals surface area contributed by atoms with Crippen LogP contribution in [0.4, 0.5) is 23.7 Å². The van der Waals surface area contributed by atoms with E-state index in [0.29, 0.717) is 13.2 Å². The van der Waals surface area contributed by atoms with Crippen LogP contribution < -0.4 is 10.7 Å². The molecule has 0 saturated carbocycles. The van der Waals surface area contributed by atoms with Crippen LogP contribution in [0.3, 0.4) is 0 Å². The number of halogens is 4. The summed E-state index contributed by atoms with van der Waals surface area (Å²) in [4.78, 5) is 16.7. The van der Waals surface area contributed by atoms with Gasteiger partial charge in [-0.1, -0.05) is 24.6 Å². The van der Waals surface area contributed by atoms with Crippen LogP contribution in [0.25, 0.3) is 0 Å². The van der Waals surface area contributed by atoms with Crippen molar-refractivity contribution in [1.29, 1.82) is 0 Å². The van der Waals surface area contributed by atoms with Gasteiger partial charge in [-0.05, 0) is 24.6 Å². The number of morpholine rings is 1. The maximum absolute atomic E-state index is 13.0. The summed E-state index contributed by atoms with van der Waals surface area (Å²) < 4.78 is 44.5. The number of urea groups is 1. The zero-order valence-corrected chi connectivity index (χ0v) is 19.0. The molecule has 3 rings (SSSR count). The van der Waals surface area contributed by atoms with Crippen molar-refractivity contribution in [3.05, 3.63) is 52.8 Å². The normalized spacial score (nSPS) is 19.4. The SMILES string of the molecule is C=CC1CN(CCC)C(N2CCOCC2)=C1/C=N/NC(=O)Nc1ccc(Cl)c(C(F)(F)F)c1. The molecule has 1 unspecified atom stereocenters. The van der Waals surface area contributed by atoms with Gasteiger partial charge in [0.1, 0.15) is 5.82 Å². The topological polar surface area (TPSA) is 69.2 Å². The number of nitrogens with one attached hydrogen (secondary N) is 2. The van der Waals surface area contributed by atoms with E-state index in [2.05, 4.69) is 39.1 Å². The molecule has 0 aliphatic carbocycles. The van der Waals surface area contributed by atoms with Crippen molar-refractivity contribution in [2.24, 2.45) is 11.0 Å². The molecule has 0 aromatic heterocycles. The van der Waals surface area contributed by atoms with Crippen molar-refractivity contribution in [2.45, 2.75) is 19.5 Å². The molecule has 1 fully saturated rings. The Bertz CT molecular complexity index is 929. The third-order valence-corrected chi connectivity index (χ3v) is 5.69. The quantitative estimate of drug-likeness (QED) is 0.338. The summed E-state index contributed by atoms with van der Waals surface area (Å²) in [6.45, 7) is 10.5. The number of rotatable bonds is 7. The molecule has 7 nitrogen and oxygen atoms in total. The molecule has 180 valence electrons. The summed E-state index contributed by atoms with van der Waals surface area (Å²) in [6.07, 6.45) is -0.221. The number of hydrazone groups is 1. The van der Waals surface area contributed by atoms with Gasteiger partial charge in [0.15, 0.2) is 0 Å². The van der Waals surface area contributed by atoms with Gasteiger partial charge in [-0.2, -0.15) is 18.3 Å². The highest BCUT2D eigenvalue weighted by atomic mass is 35.5. The van der Waals surface area contributed by atoms with Crippen LogP contribution in [0, 0.1) is 5.92 Å². The van der Waals surface area contributed by atoms with Gasteiger partial charge >= 0.3 is 12.2 Å². The Kier molecular flexibility index (Phi) is 8.25. The van der Waals surface area contributed by atoms with E-state index in [1.54, 1.807) is 6.21 Å². The second kappa shape index (κ2) is 10.9. The fourth-order valence-electron chi connectivity index (χ4n) is 3.89. The molecule has 2 heterocycles. The number of nitrogens with zero attached hydrogens (tertiary/aromatic N) is 3. The number of alkyl halides is 3. The lowest BCUT2D eigenvalue weighted by Gasteiger charge is -2.35. The Labute approximate surface area is 195 Å². The number of carbonyl (C=O) groups excluding carboxylic acids is 1. The zero-order valence-electron chi connectivity index (χ0n) is 18.3. The van der Waals surface area contributed by atoms with Crippen LogP contribution in [0.5, 0.6) is 0 Å². The van der Waals surface area contributed by atoms with E-state index in [-0.39, 0.29) is 11.6 Å². The molecular formula is C22H27ClF3N5O2. The number of hydrogen-bond acceptors (Lipinski definition) is 5. The molecule has 2 N–H and O–H groups in total. The highest BCUT2D eigenvalue weighted by molar-refractivity contribution is 6.31. The van der Waals surface area contributed by atoms with Crippen LogP contribution in [0.1, 0.15) is 18.9 Å². The lowest BCUT2D eigenvalue weighted by molar-refractivity contribution is -0.137. The number of ether oxygens (including phenoxy) is 1. The smallest absolute Gasteiger partial charge is 0.378 e. The molecule has 33 heavy (non-hydrogen) atoms. The fraction of sp³-hybridized carbons (Fsp3) is 0.455. The molecule has 2 aliphatic rings. The van der Waals surface area contributed by atoms with Crippen molar-refractivity contribution in [3.8, 4) is 0 Å². The molecule has 0 bridgehead atoms. The van der Waals surface area contributed by atoms with E-state index in [1.165, 1.54) is 6.07 Å². The number of carbonyl (C=O) groups is 1. The standard InChI is InChI=1S/C22H27ClF3N5O2/c1-3-7-31-14-15(4-2)17(20(31)30-8-10-33-11-9-30)13-27-29-21(32)28-16-5-6-19(23)18(12-16)22(24,25)26/h4-6,12-13,15H,2-3,7-11,14H2,1H3,(H2,28,29,32)/b27-13+. The Balaban J connectivity index is 1.74. The molecule has 2 aliphatic heterocycles. The van der Waals surface area contributed by atoms with Crippen LogP contribution >= 0.6 is 11.6 Å². The third kappa shape index (κ3) is 6.20. The van der Waals surface area contributed by atoms with Crippen molar-refractivity contribution < 1.29 is 22.7 Å². The molecule has 0 radical (unpaired) electrons. The molecule has 1 aromatic rings. The minimum atomic E-state index is -4.63. The largest absolute Gasteiger partial charge is 0.417 e. The van der Waals surface area contributed by atoms with Gasteiger partial charge in [0, 0.05) is 43.4 Å². The Morgan fingerprint density at radius 2 is 2.09 bits per heavy atom. The van der Waals surface area contributed by atoms with Crippen LogP contribution in [0.15, 0.2) is 47.3 Å². The first-order valence-corrected chi connectivity index (χ1v) is 11.0. The molecule has 1 saturated heterocycles. The highest BCUT2D eigenvalue weighted by Gasteiger charge is 2.34. The summed E-state index contributed by atoms with van der Waals surface area (Å²) in [6, 6.07) is 2.37. The van der Waals surface area contributed by atoms with E-state index in [0.717, 1.165) is 56.1 Å². The first-order chi connectivity index (χ1) is 15.7. The van der Waals surface area contributed by atoms with Gasteiger partial charge in [-0.25, -0.2) is 10.2 Å². The minimum absolute atomic E-state index is 0.0358. The van der Waals surface area contributed by atoms with Crippen molar-refractivity contribution in [3.63, 3.8) is 0 Å². The number of hydrogen-bond donors (Lipinski definition) is 2. The Morgan fingerprint density at radius 1 is 1.36 bits per heavy atom. The Morgan fingerprint density at radius 3 is 2.73 bits per heavy atom. The lowest BCUT2D eigenvalue weighted by Crippen LogP contribution is -2.41. The first-order valence-electron chi connectivity index (χ1n) is 10.7. The fourth-order valence-corrected chi connectivity index (χ4v) is 4.11. The summed E-state index contributed by atoms with van der Waals surface area (Å²) in [5, 5.41) is 5.95. The number of benzene rings is 1. The highest BCUT2D eigenvalue weighted by Crippen LogP contribution is 2.36. The summed E-state index contributed by atoms with van der Waals surface area (Å²) >= 11 is 5.61. The van der Waals surface area contributed by atoms with Crippen LogP contribution in [-0.4, -0.2) is 61.4 Å². The second-order valence-electron chi connectivity index (χ2n) is 7.68. The number of amides is 2. The van der Waals surface area contributed by atoms with Crippen molar-refractivity contribution >= 4 is 29.5 Å². The maximum Gasteiger partial charge on any atom is 0.417 e. The van der Waals surface area contributed by atoms with Gasteiger partial charge in [-0.3, -0.25) is 0 Å². The molecule has 1 atom stereocenters. The maximum atomic E-state index is 13.0. The zero-order chi connectivity index (χ0) is 24.0. The van der Waals surface area contributed by atoms with E-state index in [1.807, 2.05) is 6.08 Å². The van der Waals surface area contributed by atoms with Crippen LogP contribution in [0.2, 0.25) is 5.02 Å². The van der Waals surface area contributed by atoms with Gasteiger partial charge in [0.2, 0.25) is 0 Å². The van der Waals surface area contributed by atoms with Gasteiger partial charge in [0.05, 0.1) is 30.0 Å². The summed E-state index contributed by atoms with van der Waals surface area (Å²) in [5.41, 5.74) is 2.17. The molecular weight excluding hydrogens is 459 g/mol. The molecule has 2 amide bonds. The molecule has 11 heteroatoms. The van der Waals surface area contributed by atoms with Crippen molar-refractivity contribution in [1.82, 2.24) is 15.2 Å². The monoisotopic (exact) mass is 485 g/mol. The molecule has 0 spiro atoms. The average molecular weight is 486 g/mol. The van der Waals surface area contributed by atoms with Crippen LogP contribution in [-0.2, 0) is 10.9 Å². The van der Waals surface area contributed by atoms with E-state index >= 15 is 0 Å². The molecule has 1 aromatic carbocycles. The predicted octanol–water partition coefficient (Wildman–Crippen LogP) is 4.54. The Hall–Kier alpha value is -2.72. The van der Waals surface area contributed by atoms with Gasteiger partial charge < -0.3 is 19.9 Å². The number of anilines is 1. The average Bonchev–Trinajstić information content (AvgIpc) is 3.12. The lowest BCUT2D eigenvalue weighted by atomic mass is 10.0. The predicted molar refractivity (Wildman–Crippen MR) is 122 cm³/mol. The van der Waals surface area contributed by atoms with E-state index < -0.39 is 22.8 Å². The third-order valence-electron chi connectivity index (χ3n) is 5.36. The van der Waals surface area contributed by atoms with Gasteiger partial charge in [0.25, 0.3) is 0 Å². The van der Waals surface area contributed by atoms with Gasteiger partial charge in [-0.15, -0.1) is 6.58 Å². The first kappa shape index (κ1) is 24.9.